The van der Waals surface area contributed by atoms with Gasteiger partial charge in [-0.3, -0.25) is 0 Å². The minimum Gasteiger partial charge on any atom is -0.120 e. The third-order valence-electron chi connectivity index (χ3n) is 4.54. The van der Waals surface area contributed by atoms with Gasteiger partial charge in [0.05, 0.1) is 0 Å². The van der Waals surface area contributed by atoms with E-state index in [-0.39, 0.29) is 5.41 Å². The lowest BCUT2D eigenvalue weighted by Crippen LogP contribution is -2.26. The molecule has 2 bridgehead atoms. The Kier molecular flexibility index (Phi) is 3.15. The number of rotatable bonds is 4. The Morgan fingerprint density at radius 1 is 1.18 bits per heavy atom. The van der Waals surface area contributed by atoms with E-state index in [2.05, 4.69) is 45.8 Å². The zero-order chi connectivity index (χ0) is 12.7. The zero-order valence-corrected chi connectivity index (χ0v) is 11.8. The van der Waals surface area contributed by atoms with Crippen molar-refractivity contribution < 1.29 is 0 Å². The van der Waals surface area contributed by atoms with Gasteiger partial charge in [-0.15, -0.1) is 12.3 Å². The van der Waals surface area contributed by atoms with Crippen LogP contribution in [0, 0.1) is 40.9 Å². The first-order valence-electron chi connectivity index (χ1n) is 6.97. The molecule has 0 spiro atoms. The van der Waals surface area contributed by atoms with E-state index in [0.29, 0.717) is 5.41 Å². The third kappa shape index (κ3) is 2.95. The van der Waals surface area contributed by atoms with Crippen LogP contribution in [-0.2, 0) is 0 Å². The highest BCUT2D eigenvalue weighted by Crippen LogP contribution is 2.49. The zero-order valence-electron chi connectivity index (χ0n) is 11.8. The maximum Gasteiger partial charge on any atom is 0.0260 e. The molecule has 0 aliphatic heterocycles. The molecule has 0 nitrogen and oxygen atoms in total. The summed E-state index contributed by atoms with van der Waals surface area (Å²) in [7, 11) is 0. The van der Waals surface area contributed by atoms with Crippen LogP contribution in [0.25, 0.3) is 0 Å². The average molecular weight is 230 g/mol. The largest absolute Gasteiger partial charge is 0.120 e. The molecule has 1 fully saturated rings. The predicted octanol–water partition coefficient (Wildman–Crippen LogP) is 4.66. The van der Waals surface area contributed by atoms with Gasteiger partial charge >= 0.3 is 0 Å². The molecule has 0 aromatic carbocycles. The van der Waals surface area contributed by atoms with Crippen LogP contribution < -0.4 is 0 Å². The first-order chi connectivity index (χ1) is 7.81. The number of hydrogen-bond acceptors (Lipinski definition) is 0. The molecule has 3 unspecified atom stereocenters. The lowest BCUT2D eigenvalue weighted by atomic mass is 9.69. The van der Waals surface area contributed by atoms with Crippen LogP contribution in [0.2, 0.25) is 0 Å². The van der Waals surface area contributed by atoms with E-state index in [0.717, 1.165) is 24.2 Å². The first-order valence-corrected chi connectivity index (χ1v) is 6.97. The number of allylic oxidation sites excluding steroid dienone is 2. The lowest BCUT2D eigenvalue weighted by molar-refractivity contribution is 0.180. The smallest absolute Gasteiger partial charge is 0.0260 e. The highest BCUT2D eigenvalue weighted by molar-refractivity contribution is 5.11. The van der Waals surface area contributed by atoms with Crippen molar-refractivity contribution in [3.63, 3.8) is 0 Å². The summed E-state index contributed by atoms with van der Waals surface area (Å²) in [5, 5.41) is 0. The highest BCUT2D eigenvalue weighted by Gasteiger charge is 2.39. The van der Waals surface area contributed by atoms with Gasteiger partial charge in [-0.25, -0.2) is 0 Å². The van der Waals surface area contributed by atoms with Gasteiger partial charge in [0.25, 0.3) is 0 Å². The molecular weight excluding hydrogens is 204 g/mol. The number of fused-ring (bicyclic) bond motifs is 2. The number of hydrogen-bond donors (Lipinski definition) is 0. The molecule has 94 valence electrons. The Morgan fingerprint density at radius 3 is 2.35 bits per heavy atom. The van der Waals surface area contributed by atoms with Crippen molar-refractivity contribution in [2.75, 3.05) is 0 Å². The second-order valence-corrected chi connectivity index (χ2v) is 7.61. The molecule has 0 radical (unpaired) electrons. The van der Waals surface area contributed by atoms with Crippen LogP contribution in [0.4, 0.5) is 0 Å². The summed E-state index contributed by atoms with van der Waals surface area (Å²) in [6.07, 6.45) is 15.8. The molecule has 0 amide bonds. The highest BCUT2D eigenvalue weighted by atomic mass is 14.4. The van der Waals surface area contributed by atoms with Crippen molar-refractivity contribution in [2.24, 2.45) is 28.6 Å². The molecule has 0 N–H and O–H groups in total. The van der Waals surface area contributed by atoms with E-state index in [1.807, 2.05) is 0 Å². The van der Waals surface area contributed by atoms with Gasteiger partial charge in [0.15, 0.2) is 0 Å². The molecule has 3 atom stereocenters. The van der Waals surface area contributed by atoms with Gasteiger partial charge in [0.2, 0.25) is 0 Å². The van der Waals surface area contributed by atoms with Gasteiger partial charge < -0.3 is 0 Å². The van der Waals surface area contributed by atoms with Crippen LogP contribution in [0.5, 0.6) is 0 Å². The van der Waals surface area contributed by atoms with E-state index >= 15 is 0 Å². The Bertz CT molecular complexity index is 351. The van der Waals surface area contributed by atoms with Gasteiger partial charge in [0, 0.05) is 5.41 Å². The lowest BCUT2D eigenvalue weighted by Gasteiger charge is -2.35. The predicted molar refractivity (Wildman–Crippen MR) is 74.5 cm³/mol. The SMILES string of the molecule is C#CC(C)(C)CC(C)(C)CC1CC2C=CC1C2. The Morgan fingerprint density at radius 2 is 1.88 bits per heavy atom. The van der Waals surface area contributed by atoms with Crippen molar-refractivity contribution in [3.05, 3.63) is 12.2 Å². The van der Waals surface area contributed by atoms with Crippen LogP contribution in [-0.4, -0.2) is 0 Å². The van der Waals surface area contributed by atoms with Gasteiger partial charge in [-0.2, -0.15) is 0 Å². The quantitative estimate of drug-likeness (QED) is 0.486. The van der Waals surface area contributed by atoms with Crippen molar-refractivity contribution in [2.45, 2.75) is 53.4 Å². The van der Waals surface area contributed by atoms with E-state index in [9.17, 15) is 0 Å². The van der Waals surface area contributed by atoms with Crippen LogP contribution in [0.3, 0.4) is 0 Å². The Balaban J connectivity index is 1.94. The molecule has 0 aromatic heterocycles. The molecule has 0 heterocycles. The van der Waals surface area contributed by atoms with Gasteiger partial charge in [0.1, 0.15) is 0 Å². The number of terminal acetylenes is 1. The fourth-order valence-corrected chi connectivity index (χ4v) is 4.16. The van der Waals surface area contributed by atoms with Crippen molar-refractivity contribution in [1.82, 2.24) is 0 Å². The van der Waals surface area contributed by atoms with Gasteiger partial charge in [-0.1, -0.05) is 26.0 Å². The van der Waals surface area contributed by atoms with Crippen LogP contribution in [0.15, 0.2) is 12.2 Å². The summed E-state index contributed by atoms with van der Waals surface area (Å²) in [5.74, 6) is 5.61. The molecule has 1 saturated carbocycles. The van der Waals surface area contributed by atoms with Crippen LogP contribution in [0.1, 0.15) is 53.4 Å². The topological polar surface area (TPSA) is 0 Å². The van der Waals surface area contributed by atoms with E-state index in [1.165, 1.54) is 19.3 Å². The fraction of sp³-hybridized carbons (Fsp3) is 0.765. The normalized spacial score (nSPS) is 31.8. The van der Waals surface area contributed by atoms with Crippen LogP contribution >= 0.6 is 0 Å². The molecule has 0 aromatic rings. The first kappa shape index (κ1) is 12.7. The Hall–Kier alpha value is -0.700. The second-order valence-electron chi connectivity index (χ2n) is 7.61. The summed E-state index contributed by atoms with van der Waals surface area (Å²) in [4.78, 5) is 0. The van der Waals surface area contributed by atoms with E-state index in [4.69, 9.17) is 6.42 Å². The van der Waals surface area contributed by atoms with E-state index in [1.54, 1.807) is 0 Å². The summed E-state index contributed by atoms with van der Waals surface area (Å²) in [6, 6.07) is 0. The van der Waals surface area contributed by atoms with Gasteiger partial charge in [-0.05, 0) is 62.7 Å². The summed E-state index contributed by atoms with van der Waals surface area (Å²) >= 11 is 0. The molecule has 0 heteroatoms. The molecule has 17 heavy (non-hydrogen) atoms. The molecule has 2 aliphatic carbocycles. The maximum absolute atomic E-state index is 5.62. The van der Waals surface area contributed by atoms with Crippen molar-refractivity contribution in [1.29, 1.82) is 0 Å². The fourth-order valence-electron chi connectivity index (χ4n) is 4.16. The molecule has 0 saturated heterocycles. The average Bonchev–Trinajstić information content (AvgIpc) is 2.76. The summed E-state index contributed by atoms with van der Waals surface area (Å²) < 4.78 is 0. The molecular formula is C17H26. The minimum absolute atomic E-state index is 0.0386. The minimum atomic E-state index is 0.0386. The molecule has 2 aliphatic rings. The summed E-state index contributed by atoms with van der Waals surface area (Å²) in [5.41, 5.74) is 0.413. The Labute approximate surface area is 107 Å². The third-order valence-corrected chi connectivity index (χ3v) is 4.54. The maximum atomic E-state index is 5.62. The molecule has 2 rings (SSSR count). The van der Waals surface area contributed by atoms with Crippen molar-refractivity contribution in [3.8, 4) is 12.3 Å². The monoisotopic (exact) mass is 230 g/mol. The summed E-state index contributed by atoms with van der Waals surface area (Å²) in [6.45, 7) is 9.16. The second kappa shape index (κ2) is 4.20. The van der Waals surface area contributed by atoms with E-state index < -0.39 is 0 Å². The standard InChI is InChI=1S/C17H26/c1-6-16(2,3)12-17(4,5)11-15-10-13-7-8-14(15)9-13/h1,7-8,13-15H,9-12H2,2-5H3. The van der Waals surface area contributed by atoms with Crippen molar-refractivity contribution >= 4 is 0 Å².